The molecule has 1 aliphatic rings. The van der Waals surface area contributed by atoms with Crippen molar-refractivity contribution in [3.05, 3.63) is 0 Å². The van der Waals surface area contributed by atoms with Crippen LogP contribution in [0.15, 0.2) is 0 Å². The van der Waals surface area contributed by atoms with Crippen LogP contribution < -0.4 is 5.32 Å². The van der Waals surface area contributed by atoms with Crippen LogP contribution in [0.1, 0.15) is 33.1 Å². The van der Waals surface area contributed by atoms with Gasteiger partial charge in [0.25, 0.3) is 0 Å². The molecule has 2 unspecified atom stereocenters. The van der Waals surface area contributed by atoms with Crippen molar-refractivity contribution in [1.82, 2.24) is 10.2 Å². The molecule has 0 radical (unpaired) electrons. The molecule has 0 amide bonds. The first-order valence-electron chi connectivity index (χ1n) is 6.71. The molecule has 0 aromatic carbocycles. The molecular formula is C13H28N2O. The lowest BCUT2D eigenvalue weighted by molar-refractivity contribution is 0.0680. The summed E-state index contributed by atoms with van der Waals surface area (Å²) < 4.78 is 5.23. The molecule has 96 valence electrons. The van der Waals surface area contributed by atoms with Gasteiger partial charge in [0.05, 0.1) is 6.61 Å². The Bertz CT molecular complexity index is 175. The summed E-state index contributed by atoms with van der Waals surface area (Å²) in [7, 11) is 1.79. The Labute approximate surface area is 101 Å². The standard InChI is InChI=1S/C13H28N2O/c1-4-7-14-9-13-6-5-8-15(10-13)12(2)11-16-3/h12-14H,4-11H2,1-3H3. The number of nitrogens with zero attached hydrogens (tertiary/aromatic N) is 1. The van der Waals surface area contributed by atoms with Crippen LogP contribution in [-0.2, 0) is 4.74 Å². The van der Waals surface area contributed by atoms with E-state index >= 15 is 0 Å². The molecule has 3 nitrogen and oxygen atoms in total. The number of hydrogen-bond donors (Lipinski definition) is 1. The Kier molecular flexibility index (Phi) is 7.01. The molecule has 1 fully saturated rings. The molecule has 0 bridgehead atoms. The molecule has 1 N–H and O–H groups in total. The number of rotatable bonds is 7. The number of nitrogens with one attached hydrogen (secondary N) is 1. The summed E-state index contributed by atoms with van der Waals surface area (Å²) in [6.45, 7) is 10.2. The van der Waals surface area contributed by atoms with Gasteiger partial charge >= 0.3 is 0 Å². The summed E-state index contributed by atoms with van der Waals surface area (Å²) in [5.74, 6) is 0.833. The van der Waals surface area contributed by atoms with Crippen molar-refractivity contribution >= 4 is 0 Å². The predicted octanol–water partition coefficient (Wildman–Crippen LogP) is 1.73. The van der Waals surface area contributed by atoms with Gasteiger partial charge in [-0.25, -0.2) is 0 Å². The number of ether oxygens (including phenoxy) is 1. The van der Waals surface area contributed by atoms with Gasteiger partial charge in [0.2, 0.25) is 0 Å². The molecule has 3 heteroatoms. The Hall–Kier alpha value is -0.120. The lowest BCUT2D eigenvalue weighted by atomic mass is 9.97. The highest BCUT2D eigenvalue weighted by molar-refractivity contribution is 4.78. The van der Waals surface area contributed by atoms with Crippen molar-refractivity contribution in [3.63, 3.8) is 0 Å². The average molecular weight is 228 g/mol. The van der Waals surface area contributed by atoms with Crippen LogP contribution in [0.2, 0.25) is 0 Å². The summed E-state index contributed by atoms with van der Waals surface area (Å²) in [6, 6.07) is 0.568. The monoisotopic (exact) mass is 228 g/mol. The van der Waals surface area contributed by atoms with Crippen molar-refractivity contribution in [2.45, 2.75) is 39.2 Å². The van der Waals surface area contributed by atoms with Crippen LogP contribution in [0.5, 0.6) is 0 Å². The fraction of sp³-hybridized carbons (Fsp3) is 1.00. The quantitative estimate of drug-likeness (QED) is 0.672. The maximum Gasteiger partial charge on any atom is 0.0615 e. The third-order valence-corrected chi connectivity index (χ3v) is 3.44. The zero-order chi connectivity index (χ0) is 11.8. The Balaban J connectivity index is 2.23. The third-order valence-electron chi connectivity index (χ3n) is 3.44. The topological polar surface area (TPSA) is 24.5 Å². The number of likely N-dealkylation sites (tertiary alicyclic amines) is 1. The van der Waals surface area contributed by atoms with E-state index in [0.29, 0.717) is 6.04 Å². The van der Waals surface area contributed by atoms with Crippen molar-refractivity contribution in [3.8, 4) is 0 Å². The van der Waals surface area contributed by atoms with Gasteiger partial charge in [-0.05, 0) is 51.7 Å². The molecule has 0 spiro atoms. The first kappa shape index (κ1) is 13.9. The molecule has 0 aromatic rings. The van der Waals surface area contributed by atoms with E-state index in [2.05, 4.69) is 24.1 Å². The maximum atomic E-state index is 5.23. The van der Waals surface area contributed by atoms with Gasteiger partial charge < -0.3 is 10.1 Å². The molecule has 0 aliphatic carbocycles. The molecule has 0 saturated carbocycles. The molecule has 1 heterocycles. The fourth-order valence-corrected chi connectivity index (χ4v) is 2.49. The molecule has 16 heavy (non-hydrogen) atoms. The van der Waals surface area contributed by atoms with Crippen molar-refractivity contribution < 1.29 is 4.74 Å². The summed E-state index contributed by atoms with van der Waals surface area (Å²) in [4.78, 5) is 2.57. The summed E-state index contributed by atoms with van der Waals surface area (Å²) in [6.07, 6.45) is 3.95. The minimum atomic E-state index is 0.568. The molecule has 1 saturated heterocycles. The second-order valence-electron chi connectivity index (χ2n) is 5.01. The van der Waals surface area contributed by atoms with Gasteiger partial charge in [0.1, 0.15) is 0 Å². The first-order valence-corrected chi connectivity index (χ1v) is 6.71. The molecule has 1 aliphatic heterocycles. The fourth-order valence-electron chi connectivity index (χ4n) is 2.49. The number of hydrogen-bond acceptors (Lipinski definition) is 3. The van der Waals surface area contributed by atoms with E-state index < -0.39 is 0 Å². The Morgan fingerprint density at radius 1 is 1.50 bits per heavy atom. The average Bonchev–Trinajstić information content (AvgIpc) is 2.30. The van der Waals surface area contributed by atoms with Gasteiger partial charge in [-0.15, -0.1) is 0 Å². The summed E-state index contributed by atoms with van der Waals surface area (Å²) >= 11 is 0. The summed E-state index contributed by atoms with van der Waals surface area (Å²) in [5, 5.41) is 3.54. The van der Waals surface area contributed by atoms with Gasteiger partial charge in [0.15, 0.2) is 0 Å². The predicted molar refractivity (Wildman–Crippen MR) is 68.8 cm³/mol. The van der Waals surface area contributed by atoms with Crippen LogP contribution in [0.3, 0.4) is 0 Å². The number of methoxy groups -OCH3 is 1. The number of piperidine rings is 1. The van der Waals surface area contributed by atoms with Crippen LogP contribution in [0.25, 0.3) is 0 Å². The summed E-state index contributed by atoms with van der Waals surface area (Å²) in [5.41, 5.74) is 0. The smallest absolute Gasteiger partial charge is 0.0615 e. The third kappa shape index (κ3) is 4.81. The van der Waals surface area contributed by atoms with Crippen molar-refractivity contribution in [2.24, 2.45) is 5.92 Å². The van der Waals surface area contributed by atoms with E-state index in [9.17, 15) is 0 Å². The Morgan fingerprint density at radius 2 is 2.31 bits per heavy atom. The highest BCUT2D eigenvalue weighted by Crippen LogP contribution is 2.17. The lowest BCUT2D eigenvalue weighted by Gasteiger charge is -2.36. The van der Waals surface area contributed by atoms with Gasteiger partial charge in [-0.3, -0.25) is 4.90 Å². The van der Waals surface area contributed by atoms with Crippen LogP contribution >= 0.6 is 0 Å². The largest absolute Gasteiger partial charge is 0.383 e. The highest BCUT2D eigenvalue weighted by atomic mass is 16.5. The first-order chi connectivity index (χ1) is 7.77. The normalized spacial score (nSPS) is 24.6. The van der Waals surface area contributed by atoms with Gasteiger partial charge in [-0.1, -0.05) is 6.92 Å². The minimum Gasteiger partial charge on any atom is -0.383 e. The maximum absolute atomic E-state index is 5.23. The van der Waals surface area contributed by atoms with Crippen molar-refractivity contribution in [1.29, 1.82) is 0 Å². The SMILES string of the molecule is CCCNCC1CCCN(C(C)COC)C1. The van der Waals surface area contributed by atoms with E-state index in [1.54, 1.807) is 7.11 Å². The second kappa shape index (κ2) is 8.04. The van der Waals surface area contributed by atoms with Gasteiger partial charge in [0, 0.05) is 19.7 Å². The van der Waals surface area contributed by atoms with Crippen LogP contribution in [0.4, 0.5) is 0 Å². The minimum absolute atomic E-state index is 0.568. The Morgan fingerprint density at radius 3 is 3.00 bits per heavy atom. The van der Waals surface area contributed by atoms with Gasteiger partial charge in [-0.2, -0.15) is 0 Å². The van der Waals surface area contributed by atoms with Crippen LogP contribution in [0, 0.1) is 5.92 Å². The molecule has 2 atom stereocenters. The zero-order valence-electron chi connectivity index (χ0n) is 11.2. The van der Waals surface area contributed by atoms with E-state index in [4.69, 9.17) is 4.74 Å². The van der Waals surface area contributed by atoms with E-state index in [-0.39, 0.29) is 0 Å². The van der Waals surface area contributed by atoms with Crippen LogP contribution in [-0.4, -0.2) is 50.8 Å². The van der Waals surface area contributed by atoms with E-state index in [1.165, 1.54) is 38.9 Å². The molecular weight excluding hydrogens is 200 g/mol. The zero-order valence-corrected chi connectivity index (χ0v) is 11.2. The molecule has 1 rings (SSSR count). The van der Waals surface area contributed by atoms with E-state index in [1.807, 2.05) is 0 Å². The molecule has 0 aromatic heterocycles. The highest BCUT2D eigenvalue weighted by Gasteiger charge is 2.22. The lowest BCUT2D eigenvalue weighted by Crippen LogP contribution is -2.45. The second-order valence-corrected chi connectivity index (χ2v) is 5.01. The van der Waals surface area contributed by atoms with Crippen molar-refractivity contribution in [2.75, 3.05) is 39.9 Å². The van der Waals surface area contributed by atoms with E-state index in [0.717, 1.165) is 19.1 Å².